The fourth-order valence-electron chi connectivity index (χ4n) is 2.09. The van der Waals surface area contributed by atoms with Crippen LogP contribution in [0.1, 0.15) is 15.9 Å². The predicted molar refractivity (Wildman–Crippen MR) is 64.2 cm³/mol. The van der Waals surface area contributed by atoms with Gasteiger partial charge in [0, 0.05) is 29.8 Å². The van der Waals surface area contributed by atoms with E-state index in [9.17, 15) is 4.79 Å². The van der Waals surface area contributed by atoms with Gasteiger partial charge in [0.1, 0.15) is 0 Å². The van der Waals surface area contributed by atoms with Crippen LogP contribution in [0.2, 0.25) is 0 Å². The summed E-state index contributed by atoms with van der Waals surface area (Å²) in [4.78, 5) is 15.0. The molecule has 0 radical (unpaired) electrons. The van der Waals surface area contributed by atoms with Crippen molar-refractivity contribution in [3.05, 3.63) is 35.5 Å². The van der Waals surface area contributed by atoms with Gasteiger partial charge >= 0.3 is 0 Å². The van der Waals surface area contributed by atoms with Crippen molar-refractivity contribution in [3.8, 4) is 0 Å². The lowest BCUT2D eigenvalue weighted by atomic mass is 10.0. The van der Waals surface area contributed by atoms with Gasteiger partial charge in [0.25, 0.3) is 5.91 Å². The molecule has 1 aromatic carbocycles. The first-order valence-electron chi connectivity index (χ1n) is 5.27. The highest BCUT2D eigenvalue weighted by atomic mass is 16.5. The standard InChI is InChI=1S/C12H11N3O2/c1-17-6-10-8-5-13-9-4-2-3-7(11(8)9)12(16)15-14-10/h2-5,13H,6H2,1H3,(H,15,16). The first-order valence-corrected chi connectivity index (χ1v) is 5.27. The minimum atomic E-state index is -0.192. The first kappa shape index (κ1) is 10.0. The molecule has 0 saturated heterocycles. The molecule has 1 aliphatic heterocycles. The molecule has 3 rings (SSSR count). The van der Waals surface area contributed by atoms with E-state index in [4.69, 9.17) is 4.74 Å². The van der Waals surface area contributed by atoms with Gasteiger partial charge in [0.05, 0.1) is 17.9 Å². The largest absolute Gasteiger partial charge is 0.378 e. The maximum atomic E-state index is 11.9. The number of rotatable bonds is 2. The average Bonchev–Trinajstić information content (AvgIpc) is 2.72. The van der Waals surface area contributed by atoms with Crippen LogP contribution in [0.25, 0.3) is 10.9 Å². The molecule has 1 aliphatic rings. The zero-order chi connectivity index (χ0) is 11.8. The maximum absolute atomic E-state index is 11.9. The summed E-state index contributed by atoms with van der Waals surface area (Å²) in [7, 11) is 1.60. The van der Waals surface area contributed by atoms with E-state index in [1.54, 1.807) is 13.2 Å². The number of carbonyl (C=O) groups is 1. The van der Waals surface area contributed by atoms with Gasteiger partial charge in [-0.15, -0.1) is 0 Å². The van der Waals surface area contributed by atoms with Crippen LogP contribution in [0.5, 0.6) is 0 Å². The highest BCUT2D eigenvalue weighted by Crippen LogP contribution is 2.25. The normalized spacial score (nSPS) is 14.4. The number of amides is 1. The molecule has 0 fully saturated rings. The number of aromatic amines is 1. The smallest absolute Gasteiger partial charge is 0.272 e. The highest BCUT2D eigenvalue weighted by molar-refractivity contribution is 6.19. The molecule has 2 N–H and O–H groups in total. The molecule has 0 aliphatic carbocycles. The SMILES string of the molecule is COCC1=NNC(=O)c2cccc3[nH]cc1c23. The summed E-state index contributed by atoms with van der Waals surface area (Å²) in [6, 6.07) is 5.57. The summed E-state index contributed by atoms with van der Waals surface area (Å²) in [5.74, 6) is -0.192. The number of H-pyrrole nitrogens is 1. The van der Waals surface area contributed by atoms with Crippen LogP contribution < -0.4 is 5.43 Å². The van der Waals surface area contributed by atoms with Gasteiger partial charge in [0.2, 0.25) is 0 Å². The monoisotopic (exact) mass is 229 g/mol. The number of hydrogen-bond donors (Lipinski definition) is 2. The topological polar surface area (TPSA) is 66.5 Å². The molecule has 1 amide bonds. The summed E-state index contributed by atoms with van der Waals surface area (Å²) in [6.45, 7) is 0.363. The Hall–Kier alpha value is -2.14. The van der Waals surface area contributed by atoms with Gasteiger partial charge in [0.15, 0.2) is 0 Å². The van der Waals surface area contributed by atoms with Crippen molar-refractivity contribution < 1.29 is 9.53 Å². The lowest BCUT2D eigenvalue weighted by Crippen LogP contribution is -2.18. The van der Waals surface area contributed by atoms with Crippen molar-refractivity contribution in [1.29, 1.82) is 0 Å². The van der Waals surface area contributed by atoms with Gasteiger partial charge in [-0.1, -0.05) is 6.07 Å². The van der Waals surface area contributed by atoms with Crippen LogP contribution in [0.4, 0.5) is 0 Å². The second-order valence-corrected chi connectivity index (χ2v) is 3.86. The predicted octanol–water partition coefficient (Wildman–Crippen LogP) is 1.26. The third-order valence-electron chi connectivity index (χ3n) is 2.83. The maximum Gasteiger partial charge on any atom is 0.272 e. The number of nitrogens with one attached hydrogen (secondary N) is 2. The fourth-order valence-corrected chi connectivity index (χ4v) is 2.09. The van der Waals surface area contributed by atoms with E-state index >= 15 is 0 Å². The highest BCUT2D eigenvalue weighted by Gasteiger charge is 2.20. The zero-order valence-corrected chi connectivity index (χ0v) is 9.28. The molecule has 5 nitrogen and oxygen atoms in total. The van der Waals surface area contributed by atoms with Crippen molar-refractivity contribution in [2.75, 3.05) is 13.7 Å². The van der Waals surface area contributed by atoms with Gasteiger partial charge < -0.3 is 9.72 Å². The van der Waals surface area contributed by atoms with Gasteiger partial charge in [-0.25, -0.2) is 5.43 Å². The summed E-state index contributed by atoms with van der Waals surface area (Å²) in [6.07, 6.45) is 1.85. The molecule has 0 saturated carbocycles. The molecule has 0 unspecified atom stereocenters. The van der Waals surface area contributed by atoms with Crippen molar-refractivity contribution in [2.24, 2.45) is 5.10 Å². The number of ether oxygens (including phenoxy) is 1. The van der Waals surface area contributed by atoms with Crippen molar-refractivity contribution >= 4 is 22.5 Å². The second-order valence-electron chi connectivity index (χ2n) is 3.86. The number of carbonyl (C=O) groups excluding carboxylic acids is 1. The number of hydrogen-bond acceptors (Lipinski definition) is 3. The minimum Gasteiger partial charge on any atom is -0.378 e. The van der Waals surface area contributed by atoms with Crippen molar-refractivity contribution in [2.45, 2.75) is 0 Å². The Morgan fingerprint density at radius 3 is 3.06 bits per heavy atom. The van der Waals surface area contributed by atoms with Crippen LogP contribution in [0.15, 0.2) is 29.5 Å². The molecule has 2 heterocycles. The number of hydrazone groups is 1. The third-order valence-corrected chi connectivity index (χ3v) is 2.83. The van der Waals surface area contributed by atoms with Crippen LogP contribution in [0.3, 0.4) is 0 Å². The molecular weight excluding hydrogens is 218 g/mol. The summed E-state index contributed by atoms with van der Waals surface area (Å²) in [5.41, 5.74) is 5.72. The van der Waals surface area contributed by atoms with Gasteiger partial charge in [-0.3, -0.25) is 4.79 Å². The minimum absolute atomic E-state index is 0.192. The molecule has 86 valence electrons. The Kier molecular flexibility index (Phi) is 2.19. The van der Waals surface area contributed by atoms with Crippen LogP contribution in [-0.4, -0.2) is 30.3 Å². The molecule has 1 aromatic heterocycles. The van der Waals surface area contributed by atoms with Gasteiger partial charge in [-0.05, 0) is 12.1 Å². The van der Waals surface area contributed by atoms with E-state index in [1.807, 2.05) is 18.3 Å². The van der Waals surface area contributed by atoms with E-state index in [0.717, 1.165) is 22.2 Å². The average molecular weight is 229 g/mol. The third kappa shape index (κ3) is 1.43. The molecule has 5 heteroatoms. The van der Waals surface area contributed by atoms with E-state index in [1.165, 1.54) is 0 Å². The molecule has 17 heavy (non-hydrogen) atoms. The zero-order valence-electron chi connectivity index (χ0n) is 9.28. The van der Waals surface area contributed by atoms with E-state index in [2.05, 4.69) is 15.5 Å². The lowest BCUT2D eigenvalue weighted by molar-refractivity contribution is 0.0956. The number of methoxy groups -OCH3 is 1. The van der Waals surface area contributed by atoms with E-state index < -0.39 is 0 Å². The van der Waals surface area contributed by atoms with Crippen LogP contribution >= 0.6 is 0 Å². The van der Waals surface area contributed by atoms with Crippen molar-refractivity contribution in [1.82, 2.24) is 10.4 Å². The fraction of sp³-hybridized carbons (Fsp3) is 0.167. The number of aromatic nitrogens is 1. The molecular formula is C12H11N3O2. The molecule has 0 bridgehead atoms. The van der Waals surface area contributed by atoms with Crippen LogP contribution in [0, 0.1) is 0 Å². The Bertz CT molecular complexity index is 628. The summed E-state index contributed by atoms with van der Waals surface area (Å²) < 4.78 is 5.09. The molecule has 0 atom stereocenters. The Balaban J connectivity index is 2.32. The number of nitrogens with zero attached hydrogens (tertiary/aromatic N) is 1. The van der Waals surface area contributed by atoms with Gasteiger partial charge in [-0.2, -0.15) is 5.10 Å². The summed E-state index contributed by atoms with van der Waals surface area (Å²) >= 11 is 0. The van der Waals surface area contributed by atoms with E-state index in [-0.39, 0.29) is 5.91 Å². The Morgan fingerprint density at radius 2 is 2.24 bits per heavy atom. The van der Waals surface area contributed by atoms with Crippen molar-refractivity contribution in [3.63, 3.8) is 0 Å². The quantitative estimate of drug-likeness (QED) is 0.814. The lowest BCUT2D eigenvalue weighted by Gasteiger charge is -2.01. The van der Waals surface area contributed by atoms with Crippen LogP contribution in [-0.2, 0) is 4.74 Å². The molecule has 2 aromatic rings. The first-order chi connectivity index (χ1) is 8.31. The second kappa shape index (κ2) is 3.71. The number of benzene rings is 1. The Morgan fingerprint density at radius 1 is 1.35 bits per heavy atom. The van der Waals surface area contributed by atoms with E-state index in [0.29, 0.717) is 12.2 Å². The molecule has 0 spiro atoms. The Labute approximate surface area is 97.5 Å². The summed E-state index contributed by atoms with van der Waals surface area (Å²) in [5, 5.41) is 4.98.